The van der Waals surface area contributed by atoms with Crippen molar-refractivity contribution in [1.82, 2.24) is 9.38 Å². The molecule has 5 heteroatoms. The lowest BCUT2D eigenvalue weighted by Crippen LogP contribution is -2.06. The molecule has 2 heterocycles. The van der Waals surface area contributed by atoms with Crippen molar-refractivity contribution in [1.29, 1.82) is 0 Å². The van der Waals surface area contributed by atoms with Crippen molar-refractivity contribution >= 4 is 11.6 Å². The molecule has 0 radical (unpaired) electrons. The second-order valence-corrected chi connectivity index (χ2v) is 3.93. The maximum atomic E-state index is 10.3. The van der Waals surface area contributed by atoms with E-state index < -0.39 is 5.97 Å². The molecule has 90 valence electrons. The molecule has 5 nitrogen and oxygen atoms in total. The lowest BCUT2D eigenvalue weighted by molar-refractivity contribution is -0.142. The second kappa shape index (κ2) is 4.55. The van der Waals surface area contributed by atoms with Crippen LogP contribution in [0.4, 0.5) is 0 Å². The molecule has 0 fully saturated rings. The fourth-order valence-electron chi connectivity index (χ4n) is 1.67. The molecule has 0 unspecified atom stereocenters. The van der Waals surface area contributed by atoms with Crippen LogP contribution in [0.2, 0.25) is 0 Å². The highest BCUT2D eigenvalue weighted by Crippen LogP contribution is 2.13. The highest BCUT2D eigenvalue weighted by atomic mass is 16.5. The molecule has 0 aliphatic heterocycles. The fraction of sp³-hybridized carbons (Fsp3) is 0.333. The monoisotopic (exact) mass is 234 g/mol. The van der Waals surface area contributed by atoms with E-state index in [4.69, 9.17) is 9.84 Å². The van der Waals surface area contributed by atoms with Crippen molar-refractivity contribution in [3.63, 3.8) is 0 Å². The molecule has 0 aliphatic rings. The molecule has 2 aromatic rings. The molecule has 2 aromatic heterocycles. The van der Waals surface area contributed by atoms with Crippen molar-refractivity contribution in [2.75, 3.05) is 6.61 Å². The van der Waals surface area contributed by atoms with Crippen molar-refractivity contribution in [2.24, 2.45) is 0 Å². The smallest absolute Gasteiger partial charge is 0.329 e. The summed E-state index contributed by atoms with van der Waals surface area (Å²) in [7, 11) is 0. The van der Waals surface area contributed by atoms with Crippen LogP contribution in [0.25, 0.3) is 5.65 Å². The third-order valence-corrected chi connectivity index (χ3v) is 2.66. The number of ether oxygens (including phenoxy) is 1. The summed E-state index contributed by atoms with van der Waals surface area (Å²) >= 11 is 0. The Morgan fingerprint density at radius 2 is 2.29 bits per heavy atom. The quantitative estimate of drug-likeness (QED) is 0.871. The first-order valence-corrected chi connectivity index (χ1v) is 5.31. The van der Waals surface area contributed by atoms with Gasteiger partial charge in [0.25, 0.3) is 0 Å². The number of carboxylic acid groups (broad SMARTS) is 1. The van der Waals surface area contributed by atoms with E-state index in [2.05, 4.69) is 4.98 Å². The van der Waals surface area contributed by atoms with Crippen LogP contribution in [0.1, 0.15) is 17.0 Å². The zero-order valence-corrected chi connectivity index (χ0v) is 9.80. The fourth-order valence-corrected chi connectivity index (χ4v) is 1.67. The molecule has 0 saturated heterocycles. The number of carboxylic acids is 1. The molecule has 0 aliphatic carbocycles. The molecule has 2 rings (SSSR count). The first kappa shape index (κ1) is 11.6. The zero-order valence-electron chi connectivity index (χ0n) is 9.80. The number of aromatic nitrogens is 2. The van der Waals surface area contributed by atoms with Gasteiger partial charge in [-0.05, 0) is 31.5 Å². The molecule has 0 spiro atoms. The van der Waals surface area contributed by atoms with E-state index in [0.29, 0.717) is 0 Å². The van der Waals surface area contributed by atoms with E-state index >= 15 is 0 Å². The third-order valence-electron chi connectivity index (χ3n) is 2.66. The number of aliphatic carboxylic acids is 1. The van der Waals surface area contributed by atoms with Gasteiger partial charge in [-0.2, -0.15) is 0 Å². The average Bonchev–Trinajstić information content (AvgIpc) is 2.54. The molecule has 0 amide bonds. The standard InChI is InChI=1S/C12H14N2O3/c1-8-9(2)14-4-3-10(5-11(14)13-8)6-17-7-12(15)16/h3-5H,6-7H2,1-2H3,(H,15,16). The topological polar surface area (TPSA) is 63.8 Å². The predicted octanol–water partition coefficient (Wildman–Crippen LogP) is 1.55. The maximum absolute atomic E-state index is 10.3. The van der Waals surface area contributed by atoms with Crippen molar-refractivity contribution in [3.8, 4) is 0 Å². The first-order valence-electron chi connectivity index (χ1n) is 5.31. The SMILES string of the molecule is Cc1nc2cc(COCC(=O)O)ccn2c1C. The summed E-state index contributed by atoms with van der Waals surface area (Å²) in [5.74, 6) is -0.960. The van der Waals surface area contributed by atoms with Gasteiger partial charge in [0, 0.05) is 11.9 Å². The van der Waals surface area contributed by atoms with E-state index in [9.17, 15) is 4.79 Å². The Morgan fingerprint density at radius 3 is 3.00 bits per heavy atom. The van der Waals surface area contributed by atoms with E-state index in [-0.39, 0.29) is 13.2 Å². The minimum absolute atomic E-state index is 0.280. The number of pyridine rings is 1. The van der Waals surface area contributed by atoms with E-state index in [1.165, 1.54) is 0 Å². The number of fused-ring (bicyclic) bond motifs is 1. The van der Waals surface area contributed by atoms with Crippen molar-refractivity contribution in [2.45, 2.75) is 20.5 Å². The van der Waals surface area contributed by atoms with Gasteiger partial charge >= 0.3 is 5.97 Å². The molecular formula is C12H14N2O3. The van der Waals surface area contributed by atoms with Crippen LogP contribution in [0, 0.1) is 13.8 Å². The van der Waals surface area contributed by atoms with Crippen molar-refractivity contribution < 1.29 is 14.6 Å². The largest absolute Gasteiger partial charge is 0.480 e. The van der Waals surface area contributed by atoms with Gasteiger partial charge in [-0.1, -0.05) is 0 Å². The van der Waals surface area contributed by atoms with Gasteiger partial charge < -0.3 is 14.2 Å². The van der Waals surface area contributed by atoms with Crippen molar-refractivity contribution in [3.05, 3.63) is 35.3 Å². The van der Waals surface area contributed by atoms with E-state index in [1.54, 1.807) is 0 Å². The first-order chi connectivity index (χ1) is 8.08. The highest BCUT2D eigenvalue weighted by Gasteiger charge is 2.05. The Morgan fingerprint density at radius 1 is 1.53 bits per heavy atom. The van der Waals surface area contributed by atoms with Crippen LogP contribution >= 0.6 is 0 Å². The van der Waals surface area contributed by atoms with Crippen LogP contribution in [0.3, 0.4) is 0 Å². The predicted molar refractivity (Wildman–Crippen MR) is 62.0 cm³/mol. The van der Waals surface area contributed by atoms with Gasteiger partial charge in [-0.3, -0.25) is 0 Å². The Hall–Kier alpha value is -1.88. The van der Waals surface area contributed by atoms with E-state index in [0.717, 1.165) is 22.6 Å². The molecule has 0 saturated carbocycles. The van der Waals surface area contributed by atoms with Gasteiger partial charge in [0.15, 0.2) is 0 Å². The lowest BCUT2D eigenvalue weighted by Gasteiger charge is -2.03. The molecule has 0 aromatic carbocycles. The van der Waals surface area contributed by atoms with Crippen LogP contribution in [0.15, 0.2) is 18.3 Å². The molecular weight excluding hydrogens is 220 g/mol. The van der Waals surface area contributed by atoms with Gasteiger partial charge in [0.1, 0.15) is 12.3 Å². The number of carbonyl (C=O) groups is 1. The highest BCUT2D eigenvalue weighted by molar-refractivity contribution is 5.68. The summed E-state index contributed by atoms with van der Waals surface area (Å²) in [4.78, 5) is 14.7. The van der Waals surface area contributed by atoms with Gasteiger partial charge in [0.05, 0.1) is 12.3 Å². The normalized spacial score (nSPS) is 10.9. The van der Waals surface area contributed by atoms with E-state index in [1.807, 2.05) is 36.6 Å². The minimum Gasteiger partial charge on any atom is -0.480 e. The summed E-state index contributed by atoms with van der Waals surface area (Å²) in [6, 6.07) is 3.81. The number of hydrogen-bond donors (Lipinski definition) is 1. The summed E-state index contributed by atoms with van der Waals surface area (Å²) in [6.07, 6.45) is 1.92. The summed E-state index contributed by atoms with van der Waals surface area (Å²) < 4.78 is 7.03. The third kappa shape index (κ3) is 2.45. The summed E-state index contributed by atoms with van der Waals surface area (Å²) in [5, 5.41) is 8.46. The lowest BCUT2D eigenvalue weighted by atomic mass is 10.3. The van der Waals surface area contributed by atoms with Gasteiger partial charge in [-0.25, -0.2) is 9.78 Å². The van der Waals surface area contributed by atoms with Gasteiger partial charge in [-0.15, -0.1) is 0 Å². The Labute approximate surface area is 98.7 Å². The van der Waals surface area contributed by atoms with Gasteiger partial charge in [0.2, 0.25) is 0 Å². The Balaban J connectivity index is 2.17. The van der Waals surface area contributed by atoms with Crippen LogP contribution in [-0.4, -0.2) is 27.1 Å². The molecule has 0 bridgehead atoms. The van der Waals surface area contributed by atoms with Crippen LogP contribution < -0.4 is 0 Å². The second-order valence-electron chi connectivity index (χ2n) is 3.93. The summed E-state index contributed by atoms with van der Waals surface area (Å²) in [6.45, 7) is 3.98. The molecule has 1 N–H and O–H groups in total. The zero-order chi connectivity index (χ0) is 12.4. The summed E-state index contributed by atoms with van der Waals surface area (Å²) in [5.41, 5.74) is 3.88. The molecule has 0 atom stereocenters. The van der Waals surface area contributed by atoms with Crippen LogP contribution in [0.5, 0.6) is 0 Å². The number of hydrogen-bond acceptors (Lipinski definition) is 3. The maximum Gasteiger partial charge on any atom is 0.329 e. The number of aryl methyl sites for hydroxylation is 2. The average molecular weight is 234 g/mol. The Bertz CT molecular complexity index is 560. The van der Waals surface area contributed by atoms with Crippen LogP contribution in [-0.2, 0) is 16.1 Å². The molecule has 17 heavy (non-hydrogen) atoms. The number of rotatable bonds is 4. The number of imidazole rings is 1. The minimum atomic E-state index is -0.960. The number of nitrogens with zero attached hydrogens (tertiary/aromatic N) is 2. The Kier molecular flexibility index (Phi) is 3.10.